The fourth-order valence-corrected chi connectivity index (χ4v) is 1.58. The zero-order chi connectivity index (χ0) is 13.2. The topological polar surface area (TPSA) is 73.1 Å². The number of hydrogen-bond acceptors (Lipinski definition) is 5. The van der Waals surface area contributed by atoms with Crippen LogP contribution in [0.3, 0.4) is 0 Å². The molecule has 1 rings (SSSR count). The second-order valence-electron chi connectivity index (χ2n) is 4.29. The van der Waals surface area contributed by atoms with Crippen LogP contribution < -0.4 is 15.8 Å². The van der Waals surface area contributed by atoms with E-state index in [4.69, 9.17) is 10.5 Å². The van der Waals surface area contributed by atoms with Crippen LogP contribution in [-0.4, -0.2) is 29.2 Å². The maximum atomic E-state index is 5.73. The molecule has 0 saturated heterocycles. The molecule has 1 atom stereocenters. The molecule has 0 aliphatic carbocycles. The van der Waals surface area contributed by atoms with Crippen LogP contribution in [0.15, 0.2) is 12.3 Å². The minimum absolute atomic E-state index is 0.228. The quantitative estimate of drug-likeness (QED) is 0.705. The highest BCUT2D eigenvalue weighted by Crippen LogP contribution is 2.11. The van der Waals surface area contributed by atoms with Crippen LogP contribution >= 0.6 is 0 Å². The summed E-state index contributed by atoms with van der Waals surface area (Å²) in [5.41, 5.74) is 5.73. The van der Waals surface area contributed by atoms with E-state index < -0.39 is 0 Å². The highest BCUT2D eigenvalue weighted by molar-refractivity contribution is 5.28. The van der Waals surface area contributed by atoms with Crippen molar-refractivity contribution in [3.05, 3.63) is 12.3 Å². The summed E-state index contributed by atoms with van der Waals surface area (Å²) in [4.78, 5) is 8.49. The monoisotopic (exact) mass is 252 g/mol. The smallest absolute Gasteiger partial charge is 0.226 e. The van der Waals surface area contributed by atoms with Crippen LogP contribution in [-0.2, 0) is 0 Å². The third-order valence-corrected chi connectivity index (χ3v) is 2.61. The first-order valence-corrected chi connectivity index (χ1v) is 6.72. The Morgan fingerprint density at radius 3 is 2.89 bits per heavy atom. The summed E-state index contributed by atoms with van der Waals surface area (Å²) in [6.45, 7) is 5.49. The number of nitrogens with one attached hydrogen (secondary N) is 1. The number of nitrogens with zero attached hydrogens (tertiary/aromatic N) is 2. The van der Waals surface area contributed by atoms with E-state index in [1.54, 1.807) is 12.3 Å². The summed E-state index contributed by atoms with van der Waals surface area (Å²) in [5, 5.41) is 3.25. The van der Waals surface area contributed by atoms with Gasteiger partial charge in [0.2, 0.25) is 11.8 Å². The standard InChI is InChI=1S/C13H24N4O/c1-3-5-6-11(10-14)16-13-15-8-7-12(17-13)18-9-4-2/h7-8,11H,3-6,9-10,14H2,1-2H3,(H,15,16,17). The summed E-state index contributed by atoms with van der Waals surface area (Å²) in [7, 11) is 0. The Kier molecular flexibility index (Phi) is 7.10. The predicted octanol–water partition coefficient (Wildman–Crippen LogP) is 2.19. The summed E-state index contributed by atoms with van der Waals surface area (Å²) >= 11 is 0. The molecule has 0 aliphatic rings. The Bertz CT molecular complexity index is 333. The minimum Gasteiger partial charge on any atom is -0.478 e. The van der Waals surface area contributed by atoms with Gasteiger partial charge in [0.05, 0.1) is 6.61 Å². The molecule has 0 amide bonds. The maximum Gasteiger partial charge on any atom is 0.226 e. The average Bonchev–Trinajstić information content (AvgIpc) is 2.41. The normalized spacial score (nSPS) is 12.2. The van der Waals surface area contributed by atoms with Crippen molar-refractivity contribution in [2.45, 2.75) is 45.6 Å². The first kappa shape index (κ1) is 14.7. The van der Waals surface area contributed by atoms with E-state index in [0.29, 0.717) is 25.0 Å². The second kappa shape index (κ2) is 8.69. The third kappa shape index (κ3) is 5.31. The molecule has 18 heavy (non-hydrogen) atoms. The summed E-state index contributed by atoms with van der Waals surface area (Å²) < 4.78 is 5.47. The lowest BCUT2D eigenvalue weighted by Gasteiger charge is -2.16. The molecule has 102 valence electrons. The summed E-state index contributed by atoms with van der Waals surface area (Å²) in [6, 6.07) is 2.00. The molecule has 1 aromatic heterocycles. The zero-order valence-electron chi connectivity index (χ0n) is 11.4. The molecule has 0 fully saturated rings. The number of nitrogens with two attached hydrogens (primary N) is 1. The lowest BCUT2D eigenvalue weighted by Crippen LogP contribution is -2.29. The zero-order valence-corrected chi connectivity index (χ0v) is 11.4. The second-order valence-corrected chi connectivity index (χ2v) is 4.29. The van der Waals surface area contributed by atoms with Crippen molar-refractivity contribution in [3.63, 3.8) is 0 Å². The first-order valence-electron chi connectivity index (χ1n) is 6.72. The van der Waals surface area contributed by atoms with Crippen molar-refractivity contribution < 1.29 is 4.74 Å². The van der Waals surface area contributed by atoms with Gasteiger partial charge in [-0.2, -0.15) is 4.98 Å². The molecule has 1 unspecified atom stereocenters. The van der Waals surface area contributed by atoms with Crippen LogP contribution in [0.4, 0.5) is 5.95 Å². The number of rotatable bonds is 9. The van der Waals surface area contributed by atoms with Crippen LogP contribution in [0.1, 0.15) is 39.5 Å². The Labute approximate surface area is 109 Å². The highest BCUT2D eigenvalue weighted by Gasteiger charge is 2.08. The molecule has 0 bridgehead atoms. The van der Waals surface area contributed by atoms with Crippen molar-refractivity contribution in [1.82, 2.24) is 9.97 Å². The molecule has 0 aliphatic heterocycles. The number of aromatic nitrogens is 2. The molecule has 1 heterocycles. The van der Waals surface area contributed by atoms with Crippen LogP contribution in [0, 0.1) is 0 Å². The fourth-order valence-electron chi connectivity index (χ4n) is 1.58. The lowest BCUT2D eigenvalue weighted by atomic mass is 10.1. The van der Waals surface area contributed by atoms with Crippen molar-refractivity contribution in [2.24, 2.45) is 5.73 Å². The van der Waals surface area contributed by atoms with Crippen molar-refractivity contribution in [1.29, 1.82) is 0 Å². The van der Waals surface area contributed by atoms with Gasteiger partial charge in [0.15, 0.2) is 0 Å². The maximum absolute atomic E-state index is 5.73. The van der Waals surface area contributed by atoms with E-state index in [1.165, 1.54) is 6.42 Å². The Morgan fingerprint density at radius 2 is 2.22 bits per heavy atom. The van der Waals surface area contributed by atoms with E-state index >= 15 is 0 Å². The lowest BCUT2D eigenvalue weighted by molar-refractivity contribution is 0.305. The van der Waals surface area contributed by atoms with Crippen molar-refractivity contribution in [3.8, 4) is 5.88 Å². The Balaban J connectivity index is 2.53. The number of ether oxygens (including phenoxy) is 1. The third-order valence-electron chi connectivity index (χ3n) is 2.61. The van der Waals surface area contributed by atoms with E-state index in [0.717, 1.165) is 19.3 Å². The van der Waals surface area contributed by atoms with Gasteiger partial charge >= 0.3 is 0 Å². The van der Waals surface area contributed by atoms with Crippen LogP contribution in [0.5, 0.6) is 5.88 Å². The van der Waals surface area contributed by atoms with Gasteiger partial charge in [-0.25, -0.2) is 4.98 Å². The molecule has 1 aromatic rings. The average molecular weight is 252 g/mol. The molecule has 0 aromatic carbocycles. The van der Waals surface area contributed by atoms with Crippen LogP contribution in [0.25, 0.3) is 0 Å². The molecular formula is C13H24N4O. The number of hydrogen-bond donors (Lipinski definition) is 2. The van der Waals surface area contributed by atoms with Crippen molar-refractivity contribution in [2.75, 3.05) is 18.5 Å². The SMILES string of the molecule is CCCCC(CN)Nc1nccc(OCCC)n1. The van der Waals surface area contributed by atoms with Crippen molar-refractivity contribution >= 4 is 5.95 Å². The predicted molar refractivity (Wildman–Crippen MR) is 73.8 cm³/mol. The highest BCUT2D eigenvalue weighted by atomic mass is 16.5. The van der Waals surface area contributed by atoms with Gasteiger partial charge in [-0.15, -0.1) is 0 Å². The first-order chi connectivity index (χ1) is 8.80. The molecular weight excluding hydrogens is 228 g/mol. The van der Waals surface area contributed by atoms with Gasteiger partial charge in [0, 0.05) is 24.8 Å². The van der Waals surface area contributed by atoms with Gasteiger partial charge in [0.1, 0.15) is 0 Å². The van der Waals surface area contributed by atoms with Crippen LogP contribution in [0.2, 0.25) is 0 Å². The van der Waals surface area contributed by atoms with E-state index in [1.807, 2.05) is 0 Å². The molecule has 5 nitrogen and oxygen atoms in total. The summed E-state index contributed by atoms with van der Waals surface area (Å²) in [6.07, 6.45) is 6.03. The van der Waals surface area contributed by atoms with Gasteiger partial charge in [-0.05, 0) is 12.8 Å². The van der Waals surface area contributed by atoms with E-state index in [2.05, 4.69) is 29.1 Å². The molecule has 0 spiro atoms. The van der Waals surface area contributed by atoms with E-state index in [9.17, 15) is 0 Å². The summed E-state index contributed by atoms with van der Waals surface area (Å²) in [5.74, 6) is 1.20. The van der Waals surface area contributed by atoms with Gasteiger partial charge in [-0.1, -0.05) is 26.7 Å². The molecule has 5 heteroatoms. The Hall–Kier alpha value is -1.36. The molecule has 3 N–H and O–H groups in total. The largest absolute Gasteiger partial charge is 0.478 e. The molecule has 0 saturated carbocycles. The van der Waals surface area contributed by atoms with Gasteiger partial charge in [0.25, 0.3) is 0 Å². The van der Waals surface area contributed by atoms with Gasteiger partial charge < -0.3 is 15.8 Å². The minimum atomic E-state index is 0.228. The molecule has 0 radical (unpaired) electrons. The van der Waals surface area contributed by atoms with Gasteiger partial charge in [-0.3, -0.25) is 0 Å². The fraction of sp³-hybridized carbons (Fsp3) is 0.692. The van der Waals surface area contributed by atoms with E-state index in [-0.39, 0.29) is 6.04 Å². The number of unbranched alkanes of at least 4 members (excludes halogenated alkanes) is 1. The Morgan fingerprint density at radius 1 is 1.39 bits per heavy atom. The number of anilines is 1.